The van der Waals surface area contributed by atoms with Crippen molar-refractivity contribution in [3.8, 4) is 11.5 Å². The molecule has 0 amide bonds. The molecule has 1 atom stereocenters. The molecule has 0 heterocycles. The van der Waals surface area contributed by atoms with E-state index in [9.17, 15) is 5.11 Å². The highest BCUT2D eigenvalue weighted by Crippen LogP contribution is 2.29. The van der Waals surface area contributed by atoms with Gasteiger partial charge in [0.05, 0.1) is 0 Å². The maximum Gasteiger partial charge on any atom is 0.127 e. The fourth-order valence-corrected chi connectivity index (χ4v) is 2.52. The lowest BCUT2D eigenvalue weighted by Gasteiger charge is -2.26. The van der Waals surface area contributed by atoms with Crippen LogP contribution in [0.1, 0.15) is 23.6 Å². The van der Waals surface area contributed by atoms with Crippen molar-refractivity contribution in [1.29, 1.82) is 0 Å². The van der Waals surface area contributed by atoms with Crippen LogP contribution < -0.4 is 4.74 Å². The molecule has 0 bridgehead atoms. The number of nitrogens with zero attached hydrogens (tertiary/aromatic N) is 1. The molecule has 2 rings (SSSR count). The molecule has 0 aromatic heterocycles. The zero-order chi connectivity index (χ0) is 15.2. The van der Waals surface area contributed by atoms with Gasteiger partial charge in [0, 0.05) is 12.6 Å². The molecular formula is C18H23NO2. The molecule has 0 saturated carbocycles. The van der Waals surface area contributed by atoms with Crippen LogP contribution in [0, 0.1) is 6.92 Å². The first kappa shape index (κ1) is 15.5. The van der Waals surface area contributed by atoms with E-state index < -0.39 is 0 Å². The van der Waals surface area contributed by atoms with Gasteiger partial charge in [-0.3, -0.25) is 0 Å². The molecule has 3 heteroatoms. The van der Waals surface area contributed by atoms with E-state index in [1.165, 1.54) is 11.1 Å². The first-order valence-electron chi connectivity index (χ1n) is 7.22. The number of aryl methyl sites for hydroxylation is 1. The molecule has 2 aromatic rings. The van der Waals surface area contributed by atoms with Crippen molar-refractivity contribution in [3.05, 3.63) is 59.7 Å². The molecule has 112 valence electrons. The van der Waals surface area contributed by atoms with Crippen molar-refractivity contribution < 1.29 is 9.84 Å². The standard InChI is InChI=1S/C18H23NO2/c1-14-13-16(21-15-7-5-4-6-8-15)9-10-17(14)18(11-12-20)19(2)3/h4-10,13,18,20H,11-12H2,1-3H3. The highest BCUT2D eigenvalue weighted by Gasteiger charge is 2.16. The normalized spacial score (nSPS) is 12.4. The molecule has 0 fully saturated rings. The number of hydrogen-bond acceptors (Lipinski definition) is 3. The third-order valence-electron chi connectivity index (χ3n) is 3.61. The molecule has 0 saturated heterocycles. The largest absolute Gasteiger partial charge is 0.457 e. The maximum absolute atomic E-state index is 9.24. The molecule has 3 nitrogen and oxygen atoms in total. The molecule has 0 radical (unpaired) electrons. The Labute approximate surface area is 126 Å². The molecule has 0 aliphatic carbocycles. The van der Waals surface area contributed by atoms with E-state index in [0.717, 1.165) is 17.9 Å². The summed E-state index contributed by atoms with van der Waals surface area (Å²) in [5.74, 6) is 1.67. The van der Waals surface area contributed by atoms with Crippen LogP contribution in [-0.4, -0.2) is 30.7 Å². The Morgan fingerprint density at radius 3 is 2.33 bits per heavy atom. The van der Waals surface area contributed by atoms with E-state index in [4.69, 9.17) is 4.74 Å². The van der Waals surface area contributed by atoms with Gasteiger partial charge in [-0.15, -0.1) is 0 Å². The summed E-state index contributed by atoms with van der Waals surface area (Å²) in [6.45, 7) is 2.27. The van der Waals surface area contributed by atoms with E-state index >= 15 is 0 Å². The average Bonchev–Trinajstić information content (AvgIpc) is 2.46. The Hall–Kier alpha value is -1.84. The smallest absolute Gasteiger partial charge is 0.127 e. The Balaban J connectivity index is 2.20. The van der Waals surface area contributed by atoms with E-state index in [-0.39, 0.29) is 12.6 Å². The fraction of sp³-hybridized carbons (Fsp3) is 0.333. The second-order valence-corrected chi connectivity index (χ2v) is 5.43. The number of ether oxygens (including phenoxy) is 1. The van der Waals surface area contributed by atoms with Gasteiger partial charge in [-0.05, 0) is 62.8 Å². The van der Waals surface area contributed by atoms with Crippen molar-refractivity contribution in [3.63, 3.8) is 0 Å². The van der Waals surface area contributed by atoms with Crippen LogP contribution in [-0.2, 0) is 0 Å². The lowest BCUT2D eigenvalue weighted by atomic mass is 9.98. The van der Waals surface area contributed by atoms with Crippen molar-refractivity contribution in [2.75, 3.05) is 20.7 Å². The van der Waals surface area contributed by atoms with Gasteiger partial charge < -0.3 is 14.7 Å². The summed E-state index contributed by atoms with van der Waals surface area (Å²) in [4.78, 5) is 2.14. The van der Waals surface area contributed by atoms with E-state index in [1.54, 1.807) is 0 Å². The topological polar surface area (TPSA) is 32.7 Å². The van der Waals surface area contributed by atoms with Gasteiger partial charge in [0.1, 0.15) is 11.5 Å². The Kier molecular flexibility index (Phi) is 5.37. The minimum absolute atomic E-state index is 0.185. The van der Waals surface area contributed by atoms with Gasteiger partial charge in [-0.2, -0.15) is 0 Å². The van der Waals surface area contributed by atoms with Crippen molar-refractivity contribution in [2.24, 2.45) is 0 Å². The van der Waals surface area contributed by atoms with Gasteiger partial charge in [-0.25, -0.2) is 0 Å². The maximum atomic E-state index is 9.24. The number of benzene rings is 2. The van der Waals surface area contributed by atoms with Crippen LogP contribution in [0.3, 0.4) is 0 Å². The highest BCUT2D eigenvalue weighted by molar-refractivity contribution is 5.39. The summed E-state index contributed by atoms with van der Waals surface area (Å²) < 4.78 is 5.85. The number of aliphatic hydroxyl groups is 1. The number of para-hydroxylation sites is 1. The van der Waals surface area contributed by atoms with Gasteiger partial charge in [0.25, 0.3) is 0 Å². The monoisotopic (exact) mass is 285 g/mol. The summed E-state index contributed by atoms with van der Waals surface area (Å²) in [7, 11) is 4.07. The molecule has 0 spiro atoms. The summed E-state index contributed by atoms with van der Waals surface area (Å²) in [5.41, 5.74) is 2.41. The molecule has 1 unspecified atom stereocenters. The van der Waals surface area contributed by atoms with Crippen LogP contribution in [0.2, 0.25) is 0 Å². The molecular weight excluding hydrogens is 262 g/mol. The Bertz CT molecular complexity index is 567. The van der Waals surface area contributed by atoms with Gasteiger partial charge in [-0.1, -0.05) is 24.3 Å². The van der Waals surface area contributed by atoms with Gasteiger partial charge in [0.2, 0.25) is 0 Å². The lowest BCUT2D eigenvalue weighted by molar-refractivity contribution is 0.210. The highest BCUT2D eigenvalue weighted by atomic mass is 16.5. The number of aliphatic hydroxyl groups excluding tert-OH is 1. The summed E-state index contributed by atoms with van der Waals surface area (Å²) in [6, 6.07) is 16.1. The van der Waals surface area contributed by atoms with Crippen LogP contribution in [0.5, 0.6) is 11.5 Å². The predicted octanol–water partition coefficient (Wildman–Crippen LogP) is 3.77. The Morgan fingerprint density at radius 1 is 1.05 bits per heavy atom. The van der Waals surface area contributed by atoms with Crippen molar-refractivity contribution >= 4 is 0 Å². The third-order valence-corrected chi connectivity index (χ3v) is 3.61. The van der Waals surface area contributed by atoms with E-state index in [1.807, 2.05) is 50.5 Å². The first-order chi connectivity index (χ1) is 10.1. The minimum atomic E-state index is 0.185. The average molecular weight is 285 g/mol. The van der Waals surface area contributed by atoms with Gasteiger partial charge in [0.15, 0.2) is 0 Å². The third kappa shape index (κ3) is 4.06. The number of rotatable bonds is 6. The Morgan fingerprint density at radius 2 is 1.76 bits per heavy atom. The molecule has 0 aliphatic heterocycles. The summed E-state index contributed by atoms with van der Waals surface area (Å²) in [6.07, 6.45) is 0.729. The van der Waals surface area contributed by atoms with Crippen LogP contribution in [0.4, 0.5) is 0 Å². The van der Waals surface area contributed by atoms with Crippen LogP contribution >= 0.6 is 0 Å². The summed E-state index contributed by atoms with van der Waals surface area (Å²) in [5, 5.41) is 9.24. The fourth-order valence-electron chi connectivity index (χ4n) is 2.52. The molecule has 21 heavy (non-hydrogen) atoms. The molecule has 0 aliphatic rings. The minimum Gasteiger partial charge on any atom is -0.457 e. The zero-order valence-electron chi connectivity index (χ0n) is 12.9. The number of hydrogen-bond donors (Lipinski definition) is 1. The second-order valence-electron chi connectivity index (χ2n) is 5.43. The summed E-state index contributed by atoms with van der Waals surface area (Å²) >= 11 is 0. The van der Waals surface area contributed by atoms with Crippen LogP contribution in [0.25, 0.3) is 0 Å². The lowest BCUT2D eigenvalue weighted by Crippen LogP contribution is -2.21. The van der Waals surface area contributed by atoms with E-state index in [0.29, 0.717) is 0 Å². The first-order valence-corrected chi connectivity index (χ1v) is 7.22. The predicted molar refractivity (Wildman–Crippen MR) is 85.8 cm³/mol. The molecule has 1 N–H and O–H groups in total. The molecule has 2 aromatic carbocycles. The quantitative estimate of drug-likeness (QED) is 0.877. The van der Waals surface area contributed by atoms with Crippen molar-refractivity contribution in [1.82, 2.24) is 4.90 Å². The zero-order valence-corrected chi connectivity index (χ0v) is 12.9. The van der Waals surface area contributed by atoms with Crippen molar-refractivity contribution in [2.45, 2.75) is 19.4 Å². The van der Waals surface area contributed by atoms with Crippen LogP contribution in [0.15, 0.2) is 48.5 Å². The SMILES string of the molecule is Cc1cc(Oc2ccccc2)ccc1C(CCO)N(C)C. The second kappa shape index (κ2) is 7.25. The van der Waals surface area contributed by atoms with E-state index in [2.05, 4.69) is 24.0 Å². The van der Waals surface area contributed by atoms with Gasteiger partial charge >= 0.3 is 0 Å².